The second-order valence-corrected chi connectivity index (χ2v) is 13.7. The van der Waals surface area contributed by atoms with E-state index in [2.05, 4.69) is 14.4 Å². The molecule has 2 bridgehead atoms. The number of hydrogen-bond donors (Lipinski definition) is 1. The number of piperidine rings is 3. The van der Waals surface area contributed by atoms with Crippen LogP contribution in [0.1, 0.15) is 51.4 Å². The second kappa shape index (κ2) is 16.7. The minimum absolute atomic E-state index is 0.0377. The first-order valence-corrected chi connectivity index (χ1v) is 17.4. The van der Waals surface area contributed by atoms with E-state index >= 15 is 4.39 Å². The predicted molar refractivity (Wildman–Crippen MR) is 186 cm³/mol. The zero-order valence-corrected chi connectivity index (χ0v) is 29.7. The minimum atomic E-state index is -3.45. The molecule has 0 unspecified atom stereocenters. The summed E-state index contributed by atoms with van der Waals surface area (Å²) in [7, 11) is 0. The molecule has 2 atom stereocenters. The fourth-order valence-corrected chi connectivity index (χ4v) is 7.59. The molecule has 0 saturated carbocycles. The third-order valence-corrected chi connectivity index (χ3v) is 10.2. The summed E-state index contributed by atoms with van der Waals surface area (Å²) in [5.74, 6) is -4.61. The van der Waals surface area contributed by atoms with Gasteiger partial charge in [0.05, 0.1) is 17.8 Å². The monoisotopic (exact) mass is 795 g/mol. The number of fused-ring (bicyclic) bond motifs is 3. The first-order valence-electron chi connectivity index (χ1n) is 16.7. The lowest BCUT2D eigenvalue weighted by Gasteiger charge is -2.44. The zero-order valence-electron chi connectivity index (χ0n) is 28.1. The number of carboxylic acid groups (broad SMARTS) is 1. The van der Waals surface area contributed by atoms with Crippen LogP contribution in [0.5, 0.6) is 11.5 Å². The number of amides is 1. The molecule has 3 aliphatic heterocycles. The van der Waals surface area contributed by atoms with E-state index in [9.17, 15) is 37.5 Å². The molecule has 7 rings (SSSR count). The molecule has 3 aliphatic rings. The smallest absolute Gasteiger partial charge is 0.415 e. The van der Waals surface area contributed by atoms with E-state index < -0.39 is 54.6 Å². The number of carbonyl (C=O) groups excluding carboxylic acids is 1. The highest BCUT2D eigenvalue weighted by Gasteiger charge is 2.38. The molecular weight excluding hydrogens is 764 g/mol. The van der Waals surface area contributed by atoms with Crippen LogP contribution in [0.3, 0.4) is 0 Å². The van der Waals surface area contributed by atoms with Crippen LogP contribution in [-0.4, -0.2) is 61.0 Å². The van der Waals surface area contributed by atoms with E-state index in [1.54, 1.807) is 6.07 Å². The van der Waals surface area contributed by atoms with Gasteiger partial charge in [0.25, 0.3) is 0 Å². The zero-order chi connectivity index (χ0) is 38.7. The molecule has 1 amide bonds. The van der Waals surface area contributed by atoms with Crippen molar-refractivity contribution in [3.05, 3.63) is 122 Å². The maximum atomic E-state index is 15.3. The van der Waals surface area contributed by atoms with Crippen LogP contribution in [0.15, 0.2) is 73.1 Å². The number of rotatable bonds is 13. The van der Waals surface area contributed by atoms with E-state index in [0.29, 0.717) is 16.8 Å². The van der Waals surface area contributed by atoms with E-state index in [-0.39, 0.29) is 56.9 Å². The molecular formula is C37H32Cl2F5N3O7. The lowest BCUT2D eigenvalue weighted by Crippen LogP contribution is -2.53. The maximum Gasteiger partial charge on any atom is 0.415 e. The molecule has 1 N–H and O–H groups in total. The number of halogens is 7. The highest BCUT2D eigenvalue weighted by molar-refractivity contribution is 6.35. The molecule has 0 spiro atoms. The molecule has 4 aromatic rings. The Morgan fingerprint density at radius 1 is 0.944 bits per heavy atom. The number of para-hydroxylation sites is 1. The predicted octanol–water partition coefficient (Wildman–Crippen LogP) is 8.28. The average molecular weight is 797 g/mol. The van der Waals surface area contributed by atoms with Gasteiger partial charge in [-0.25, -0.2) is 14.0 Å². The SMILES string of the molecule is O=C(O)c1ccc(CN(C(=O)O[C@H]2CN3CCC2CC3)c2ccccc2F)cc1[C@@H](Cc1c(Cl)c[n+]([O-])cc1Cl)c1ccc(OC(F)F)c(OC(F)F)c1. The Balaban J connectivity index is 1.45. The lowest BCUT2D eigenvalue weighted by molar-refractivity contribution is -0.605. The molecule has 3 saturated heterocycles. The van der Waals surface area contributed by atoms with Gasteiger partial charge in [0.1, 0.15) is 22.0 Å². The first-order chi connectivity index (χ1) is 25.8. The van der Waals surface area contributed by atoms with Crippen LogP contribution in [-0.2, 0) is 17.7 Å². The number of nitrogens with zero attached hydrogens (tertiary/aromatic N) is 3. The molecule has 3 aromatic carbocycles. The third kappa shape index (κ3) is 8.91. The molecule has 1 aromatic heterocycles. The number of aromatic nitrogens is 1. The molecule has 0 aliphatic carbocycles. The summed E-state index contributed by atoms with van der Waals surface area (Å²) in [6.45, 7) is -4.82. The summed E-state index contributed by atoms with van der Waals surface area (Å²) >= 11 is 12.8. The van der Waals surface area contributed by atoms with E-state index in [0.717, 1.165) is 55.4 Å². The standard InChI is InChI=1S/C37H32Cl2F5N3O7/c38-27-17-46(51)18-28(39)26(27)15-24(22-6-8-31(52-35(41)42)32(14-22)53-36(43)44)25-13-20(5-7-23(25)34(48)49)16-47(30-4-2-1-3-29(30)40)37(50)54-33-19-45-11-9-21(33)10-12-45/h1-8,13-14,17-18,21,24,33,35-36H,9-12,15-16,19H2,(H,48,49)/t24-,33-/m0/s1. The highest BCUT2D eigenvalue weighted by Crippen LogP contribution is 2.40. The third-order valence-electron chi connectivity index (χ3n) is 9.54. The number of ether oxygens (including phenoxy) is 3. The van der Waals surface area contributed by atoms with Crippen molar-refractivity contribution in [2.24, 2.45) is 5.92 Å². The van der Waals surface area contributed by atoms with E-state index in [1.807, 2.05) is 0 Å². The molecule has 10 nitrogen and oxygen atoms in total. The summed E-state index contributed by atoms with van der Waals surface area (Å²) in [5, 5.41) is 22.2. The van der Waals surface area contributed by atoms with Crippen molar-refractivity contribution in [2.45, 2.75) is 51.1 Å². The van der Waals surface area contributed by atoms with Crippen LogP contribution in [0.25, 0.3) is 0 Å². The van der Waals surface area contributed by atoms with Gasteiger partial charge in [-0.05, 0) is 85.3 Å². The van der Waals surface area contributed by atoms with Crippen molar-refractivity contribution in [1.29, 1.82) is 0 Å². The number of hydrogen-bond acceptors (Lipinski definition) is 7. The van der Waals surface area contributed by atoms with Gasteiger partial charge in [-0.3, -0.25) is 9.80 Å². The number of aromatic carboxylic acids is 1. The topological polar surface area (TPSA) is 115 Å². The number of alkyl halides is 4. The number of carboxylic acids is 1. The van der Waals surface area contributed by atoms with Gasteiger partial charge in [0, 0.05) is 18.0 Å². The Morgan fingerprint density at radius 3 is 2.22 bits per heavy atom. The first kappa shape index (κ1) is 38.9. The largest absolute Gasteiger partial charge is 0.619 e. The van der Waals surface area contributed by atoms with Crippen LogP contribution >= 0.6 is 23.2 Å². The van der Waals surface area contributed by atoms with Gasteiger partial charge in [-0.15, -0.1) is 0 Å². The fourth-order valence-electron chi connectivity index (χ4n) is 6.99. The molecule has 0 radical (unpaired) electrons. The van der Waals surface area contributed by atoms with Crippen LogP contribution in [0, 0.1) is 16.9 Å². The van der Waals surface area contributed by atoms with Gasteiger partial charge in [0.2, 0.25) is 0 Å². The van der Waals surface area contributed by atoms with Gasteiger partial charge in [-0.1, -0.05) is 53.5 Å². The highest BCUT2D eigenvalue weighted by atomic mass is 35.5. The van der Waals surface area contributed by atoms with Crippen molar-refractivity contribution in [3.8, 4) is 11.5 Å². The van der Waals surface area contributed by atoms with Crippen molar-refractivity contribution in [3.63, 3.8) is 0 Å². The number of pyridine rings is 1. The Hall–Kier alpha value is -4.86. The van der Waals surface area contributed by atoms with Crippen LogP contribution < -0.4 is 19.1 Å². The quantitative estimate of drug-likeness (QED) is 0.0817. The molecule has 54 heavy (non-hydrogen) atoms. The van der Waals surface area contributed by atoms with Crippen LogP contribution in [0.2, 0.25) is 10.0 Å². The fraction of sp³-hybridized carbons (Fsp3) is 0.324. The molecule has 17 heteroatoms. The maximum absolute atomic E-state index is 15.3. The van der Waals surface area contributed by atoms with Gasteiger partial charge < -0.3 is 24.5 Å². The Kier molecular flexibility index (Phi) is 12.0. The number of anilines is 1. The minimum Gasteiger partial charge on any atom is -0.619 e. The molecule has 286 valence electrons. The van der Waals surface area contributed by atoms with Gasteiger partial charge >= 0.3 is 25.3 Å². The molecule has 4 heterocycles. The normalized spacial score (nSPS) is 18.4. The number of benzene rings is 3. The lowest BCUT2D eigenvalue weighted by atomic mass is 9.82. The summed E-state index contributed by atoms with van der Waals surface area (Å²) in [6.07, 6.45) is 2.23. The average Bonchev–Trinajstić information content (AvgIpc) is 3.11. The van der Waals surface area contributed by atoms with Gasteiger partial charge in [-0.2, -0.15) is 22.3 Å². The van der Waals surface area contributed by atoms with Crippen LogP contribution in [0.4, 0.5) is 32.4 Å². The number of carbonyl (C=O) groups is 2. The summed E-state index contributed by atoms with van der Waals surface area (Å²) < 4.78 is 83.8. The molecule has 3 fully saturated rings. The van der Waals surface area contributed by atoms with Crippen molar-refractivity contribution >= 4 is 41.0 Å². The Morgan fingerprint density at radius 2 is 1.61 bits per heavy atom. The summed E-state index contributed by atoms with van der Waals surface area (Å²) in [6, 6.07) is 12.9. The summed E-state index contributed by atoms with van der Waals surface area (Å²) in [4.78, 5) is 29.9. The summed E-state index contributed by atoms with van der Waals surface area (Å²) in [5.41, 5.74) is 0.207. The van der Waals surface area contributed by atoms with Crippen molar-refractivity contribution in [2.75, 3.05) is 24.5 Å². The van der Waals surface area contributed by atoms with Crippen molar-refractivity contribution in [1.82, 2.24) is 4.90 Å². The second-order valence-electron chi connectivity index (χ2n) is 12.8. The van der Waals surface area contributed by atoms with E-state index in [1.165, 1.54) is 42.5 Å². The van der Waals surface area contributed by atoms with E-state index in [4.69, 9.17) is 27.9 Å². The van der Waals surface area contributed by atoms with Gasteiger partial charge in [0.15, 0.2) is 23.9 Å². The van der Waals surface area contributed by atoms with Crippen molar-refractivity contribution < 1.29 is 55.6 Å². The Labute approximate surface area is 315 Å². The Bertz CT molecular complexity index is 2000.